The molecule has 0 unspecified atom stereocenters. The van der Waals surface area contributed by atoms with Crippen molar-refractivity contribution in [1.82, 2.24) is 15.0 Å². The van der Waals surface area contributed by atoms with Crippen LogP contribution in [0.15, 0.2) is 47.0 Å². The number of amides is 3. The van der Waals surface area contributed by atoms with Crippen molar-refractivity contribution >= 4 is 23.4 Å². The number of halogens is 1. The Hall–Kier alpha value is -4.41. The molecule has 10 nitrogen and oxygen atoms in total. The largest absolute Gasteiger partial charge is 0.356 e. The van der Waals surface area contributed by atoms with Gasteiger partial charge < -0.3 is 9.42 Å². The number of hydrogen-bond donors (Lipinski definition) is 0. The molecule has 0 saturated carbocycles. The minimum absolute atomic E-state index is 0.000123. The molecule has 2 aliphatic rings. The first-order valence-electron chi connectivity index (χ1n) is 11.0. The average molecular weight is 478 g/mol. The van der Waals surface area contributed by atoms with Gasteiger partial charge in [-0.2, -0.15) is 0 Å². The predicted molar refractivity (Wildman–Crippen MR) is 119 cm³/mol. The van der Waals surface area contributed by atoms with Crippen LogP contribution in [-0.2, 0) is 17.8 Å². The van der Waals surface area contributed by atoms with E-state index < -0.39 is 16.7 Å². The molecule has 0 atom stereocenters. The number of non-ortho nitro benzene ring substituents is 1. The first kappa shape index (κ1) is 22.4. The van der Waals surface area contributed by atoms with Crippen LogP contribution in [0.1, 0.15) is 44.8 Å². The van der Waals surface area contributed by atoms with Crippen molar-refractivity contribution in [2.45, 2.75) is 25.8 Å². The number of rotatable bonds is 6. The number of nitro groups is 1. The van der Waals surface area contributed by atoms with E-state index in [4.69, 9.17) is 4.52 Å². The third-order valence-electron chi connectivity index (χ3n) is 6.23. The molecule has 1 aromatic heterocycles. The van der Waals surface area contributed by atoms with Gasteiger partial charge in [-0.25, -0.2) is 4.39 Å². The maximum Gasteiger partial charge on any atom is 0.270 e. The number of hydrogen-bond acceptors (Lipinski definition) is 7. The highest BCUT2D eigenvalue weighted by molar-refractivity contribution is 6.21. The van der Waals surface area contributed by atoms with Gasteiger partial charge in [0.1, 0.15) is 5.82 Å². The maximum atomic E-state index is 13.3. The molecule has 2 aliphatic heterocycles. The Morgan fingerprint density at radius 2 is 1.86 bits per heavy atom. The third-order valence-corrected chi connectivity index (χ3v) is 6.23. The fourth-order valence-corrected chi connectivity index (χ4v) is 4.40. The number of fused-ring (bicyclic) bond motifs is 2. The molecule has 3 heterocycles. The summed E-state index contributed by atoms with van der Waals surface area (Å²) in [5, 5.41) is 15.1. The summed E-state index contributed by atoms with van der Waals surface area (Å²) in [7, 11) is 0. The van der Waals surface area contributed by atoms with E-state index in [1.54, 1.807) is 17.0 Å². The highest BCUT2D eigenvalue weighted by Gasteiger charge is 2.36. The van der Waals surface area contributed by atoms with Crippen molar-refractivity contribution in [3.63, 3.8) is 0 Å². The highest BCUT2D eigenvalue weighted by atomic mass is 19.1. The van der Waals surface area contributed by atoms with Gasteiger partial charge in [-0.1, -0.05) is 5.16 Å². The minimum atomic E-state index is -0.625. The van der Waals surface area contributed by atoms with Crippen LogP contribution in [0, 0.1) is 15.9 Å². The average Bonchev–Trinajstić information content (AvgIpc) is 3.38. The molecule has 0 radical (unpaired) electrons. The Morgan fingerprint density at radius 3 is 2.60 bits per heavy atom. The molecule has 0 bridgehead atoms. The van der Waals surface area contributed by atoms with E-state index in [0.717, 1.165) is 22.2 Å². The Bertz CT molecular complexity index is 1370. The molecular formula is C24H19FN4O6. The van der Waals surface area contributed by atoms with Crippen LogP contribution in [-0.4, -0.2) is 50.7 Å². The van der Waals surface area contributed by atoms with E-state index in [-0.39, 0.29) is 47.9 Å². The van der Waals surface area contributed by atoms with Gasteiger partial charge in [0.2, 0.25) is 5.91 Å². The first-order chi connectivity index (χ1) is 16.8. The molecular weight excluding hydrogens is 459 g/mol. The molecule has 3 aromatic rings. The first-order valence-corrected chi connectivity index (χ1v) is 11.0. The number of nitrogens with zero attached hydrogens (tertiary/aromatic N) is 4. The van der Waals surface area contributed by atoms with Gasteiger partial charge in [-0.15, -0.1) is 0 Å². The van der Waals surface area contributed by atoms with Gasteiger partial charge in [-0.05, 0) is 36.8 Å². The highest BCUT2D eigenvalue weighted by Crippen LogP contribution is 2.31. The monoisotopic (exact) mass is 478 g/mol. The van der Waals surface area contributed by atoms with Crippen LogP contribution < -0.4 is 0 Å². The number of carbonyl (C=O) groups excluding carboxylic acids is 3. The molecule has 0 aliphatic carbocycles. The Kier molecular flexibility index (Phi) is 5.59. The summed E-state index contributed by atoms with van der Waals surface area (Å²) in [6.07, 6.45) is 0.882. The zero-order valence-electron chi connectivity index (χ0n) is 18.4. The maximum absolute atomic E-state index is 13.3. The van der Waals surface area contributed by atoms with Gasteiger partial charge in [0.05, 0.1) is 28.3 Å². The van der Waals surface area contributed by atoms with E-state index in [9.17, 15) is 28.9 Å². The lowest BCUT2D eigenvalue weighted by molar-refractivity contribution is -0.384. The fourth-order valence-electron chi connectivity index (χ4n) is 4.40. The zero-order valence-corrected chi connectivity index (χ0v) is 18.4. The molecule has 0 fully saturated rings. The van der Waals surface area contributed by atoms with Crippen molar-refractivity contribution in [3.8, 4) is 11.3 Å². The molecule has 0 spiro atoms. The van der Waals surface area contributed by atoms with Crippen LogP contribution in [0.2, 0.25) is 0 Å². The fraction of sp³-hybridized carbons (Fsp3) is 0.250. The second kappa shape index (κ2) is 8.75. The van der Waals surface area contributed by atoms with Crippen molar-refractivity contribution < 1.29 is 28.2 Å². The number of imide groups is 1. The SMILES string of the molecule is O=C(CCCN1C(=O)c2ccc([N+](=O)[O-])cc2C1=O)N1CCc2noc(-c3ccc(F)cc3)c2C1. The Balaban J connectivity index is 1.21. The van der Waals surface area contributed by atoms with Gasteiger partial charge in [0, 0.05) is 49.2 Å². The van der Waals surface area contributed by atoms with Gasteiger partial charge in [0.25, 0.3) is 17.5 Å². The van der Waals surface area contributed by atoms with Gasteiger partial charge in [-0.3, -0.25) is 29.4 Å². The van der Waals surface area contributed by atoms with E-state index in [1.807, 2.05) is 0 Å². The molecule has 11 heteroatoms. The molecule has 35 heavy (non-hydrogen) atoms. The minimum Gasteiger partial charge on any atom is -0.356 e. The Labute approximate surface area is 198 Å². The summed E-state index contributed by atoms with van der Waals surface area (Å²) >= 11 is 0. The van der Waals surface area contributed by atoms with Crippen molar-refractivity contribution in [3.05, 3.63) is 80.8 Å². The molecule has 5 rings (SSSR count). The third kappa shape index (κ3) is 4.05. The lowest BCUT2D eigenvalue weighted by Gasteiger charge is -2.26. The summed E-state index contributed by atoms with van der Waals surface area (Å²) in [4.78, 5) is 51.1. The zero-order chi connectivity index (χ0) is 24.7. The summed E-state index contributed by atoms with van der Waals surface area (Å²) in [6.45, 7) is 0.776. The van der Waals surface area contributed by atoms with Crippen LogP contribution in [0.25, 0.3) is 11.3 Å². The van der Waals surface area contributed by atoms with Crippen molar-refractivity contribution in [2.75, 3.05) is 13.1 Å². The second-order valence-corrected chi connectivity index (χ2v) is 8.36. The molecule has 3 amide bonds. The number of aromatic nitrogens is 1. The smallest absolute Gasteiger partial charge is 0.270 e. The van der Waals surface area contributed by atoms with Crippen LogP contribution >= 0.6 is 0 Å². The lowest BCUT2D eigenvalue weighted by atomic mass is 10.0. The number of nitro benzene ring substituents is 1. The normalized spacial score (nSPS) is 14.8. The van der Waals surface area contributed by atoms with E-state index >= 15 is 0 Å². The summed E-state index contributed by atoms with van der Waals surface area (Å²) in [6, 6.07) is 9.40. The van der Waals surface area contributed by atoms with Gasteiger partial charge >= 0.3 is 0 Å². The molecule has 178 valence electrons. The topological polar surface area (TPSA) is 127 Å². The summed E-state index contributed by atoms with van der Waals surface area (Å²) in [5.41, 5.74) is 2.06. The van der Waals surface area contributed by atoms with E-state index in [1.165, 1.54) is 24.3 Å². The van der Waals surface area contributed by atoms with E-state index in [0.29, 0.717) is 30.8 Å². The van der Waals surface area contributed by atoms with Gasteiger partial charge in [0.15, 0.2) is 5.76 Å². The number of carbonyl (C=O) groups is 3. The quantitative estimate of drug-likeness (QED) is 0.302. The lowest BCUT2D eigenvalue weighted by Crippen LogP contribution is -2.37. The summed E-state index contributed by atoms with van der Waals surface area (Å²) in [5.74, 6) is -1.14. The van der Waals surface area contributed by atoms with Crippen LogP contribution in [0.5, 0.6) is 0 Å². The molecule has 2 aromatic carbocycles. The molecule has 0 N–H and O–H groups in total. The van der Waals surface area contributed by atoms with E-state index in [2.05, 4.69) is 5.16 Å². The van der Waals surface area contributed by atoms with Crippen LogP contribution in [0.3, 0.4) is 0 Å². The Morgan fingerprint density at radius 1 is 1.11 bits per heavy atom. The standard InChI is InChI=1S/C24H19FN4O6/c25-15-5-3-14(4-6-15)22-19-13-27(11-9-20(19)26-35-22)21(30)2-1-10-28-23(31)17-8-7-16(29(33)34)12-18(17)24(28)32/h3-8,12H,1-2,9-11,13H2. The van der Waals surface area contributed by atoms with Crippen molar-refractivity contribution in [2.24, 2.45) is 0 Å². The predicted octanol–water partition coefficient (Wildman–Crippen LogP) is 3.35. The second-order valence-electron chi connectivity index (χ2n) is 8.36. The number of benzene rings is 2. The van der Waals surface area contributed by atoms with Crippen molar-refractivity contribution in [1.29, 1.82) is 0 Å². The molecule has 0 saturated heterocycles. The van der Waals surface area contributed by atoms with Crippen LogP contribution in [0.4, 0.5) is 10.1 Å². The summed E-state index contributed by atoms with van der Waals surface area (Å²) < 4.78 is 18.7.